The lowest BCUT2D eigenvalue weighted by molar-refractivity contribution is -0.149. The molecule has 5 rings (SSSR count). The number of amides is 1. The zero-order valence-electron chi connectivity index (χ0n) is 17.7. The molecule has 2 aromatic rings. The van der Waals surface area contributed by atoms with Crippen LogP contribution in [0, 0.1) is 17.8 Å². The van der Waals surface area contributed by atoms with Gasteiger partial charge in [-0.3, -0.25) is 14.5 Å². The van der Waals surface area contributed by atoms with Crippen molar-refractivity contribution in [3.05, 3.63) is 59.5 Å². The smallest absolute Gasteiger partial charge is 0.257 e. The Balaban J connectivity index is 1.23. The molecule has 3 atom stereocenters. The summed E-state index contributed by atoms with van der Waals surface area (Å²) in [5.41, 5.74) is -0.756. The Kier molecular flexibility index (Phi) is 5.44. The fourth-order valence-electron chi connectivity index (χ4n) is 5.75. The second-order valence-electron chi connectivity index (χ2n) is 9.41. The molecule has 1 aliphatic heterocycles. The molecule has 1 saturated heterocycles. The Hall–Kier alpha value is -2.44. The maximum atomic E-state index is 13.4. The number of aldehydes is 1. The summed E-state index contributed by atoms with van der Waals surface area (Å²) < 4.78 is 5.48. The number of aliphatic hydroxyl groups is 1. The van der Waals surface area contributed by atoms with Crippen LogP contribution in [0.1, 0.15) is 54.0 Å². The van der Waals surface area contributed by atoms with Gasteiger partial charge in [0.15, 0.2) is 17.6 Å². The highest BCUT2D eigenvalue weighted by molar-refractivity contribution is 5.87. The van der Waals surface area contributed by atoms with Crippen molar-refractivity contribution in [2.75, 3.05) is 13.1 Å². The van der Waals surface area contributed by atoms with E-state index < -0.39 is 5.60 Å². The molecule has 2 aliphatic carbocycles. The molecule has 1 aromatic heterocycles. The normalized spacial score (nSPS) is 28.0. The SMILES string of the molecule is O=Cc1ccc(CN2CC3C(C2)C3NC(=O)C(O)(c2ccccc2)C2CCCCC2)o1. The van der Waals surface area contributed by atoms with E-state index in [0.29, 0.717) is 29.7 Å². The Morgan fingerprint density at radius 2 is 1.81 bits per heavy atom. The zero-order chi connectivity index (χ0) is 21.4. The number of rotatable bonds is 7. The Morgan fingerprint density at radius 3 is 2.45 bits per heavy atom. The highest BCUT2D eigenvalue weighted by atomic mass is 16.3. The van der Waals surface area contributed by atoms with Crippen LogP contribution in [0.2, 0.25) is 0 Å². The summed E-state index contributed by atoms with van der Waals surface area (Å²) in [4.78, 5) is 26.5. The van der Waals surface area contributed by atoms with Crippen molar-refractivity contribution in [1.29, 1.82) is 0 Å². The molecule has 164 valence electrons. The Morgan fingerprint density at radius 1 is 1.10 bits per heavy atom. The maximum absolute atomic E-state index is 13.4. The molecule has 0 bridgehead atoms. The summed E-state index contributed by atoms with van der Waals surface area (Å²) in [6.07, 6.45) is 5.79. The molecule has 31 heavy (non-hydrogen) atoms. The quantitative estimate of drug-likeness (QED) is 0.670. The maximum Gasteiger partial charge on any atom is 0.257 e. The van der Waals surface area contributed by atoms with E-state index in [1.807, 2.05) is 36.4 Å². The van der Waals surface area contributed by atoms with E-state index in [-0.39, 0.29) is 17.9 Å². The highest BCUT2D eigenvalue weighted by Gasteiger charge is 2.58. The first-order chi connectivity index (χ1) is 15.1. The van der Waals surface area contributed by atoms with Crippen molar-refractivity contribution in [2.24, 2.45) is 17.8 Å². The standard InChI is InChI=1S/C25H30N2O4/c28-16-20-12-11-19(31-20)13-27-14-21-22(15-27)23(21)26-24(29)25(30,17-7-3-1-4-8-17)18-9-5-2-6-10-18/h1,3-4,7-8,11-12,16,18,21-23,30H,2,5-6,9-10,13-15H2,(H,26,29). The minimum Gasteiger partial charge on any atom is -0.457 e. The van der Waals surface area contributed by atoms with Gasteiger partial charge in [-0.1, -0.05) is 49.6 Å². The van der Waals surface area contributed by atoms with Gasteiger partial charge in [0.2, 0.25) is 0 Å². The van der Waals surface area contributed by atoms with Crippen LogP contribution in [0.5, 0.6) is 0 Å². The fraction of sp³-hybridized carbons (Fsp3) is 0.520. The third-order valence-corrected chi connectivity index (χ3v) is 7.50. The molecular formula is C25H30N2O4. The van der Waals surface area contributed by atoms with E-state index in [1.165, 1.54) is 6.42 Å². The minimum absolute atomic E-state index is 0.0373. The molecule has 6 nitrogen and oxygen atoms in total. The molecule has 6 heteroatoms. The van der Waals surface area contributed by atoms with Gasteiger partial charge in [-0.15, -0.1) is 0 Å². The number of nitrogens with one attached hydrogen (secondary N) is 1. The van der Waals surface area contributed by atoms with Crippen molar-refractivity contribution in [3.63, 3.8) is 0 Å². The van der Waals surface area contributed by atoms with Crippen LogP contribution in [0.4, 0.5) is 0 Å². The lowest BCUT2D eigenvalue weighted by atomic mass is 9.73. The van der Waals surface area contributed by atoms with Crippen LogP contribution < -0.4 is 5.32 Å². The third-order valence-electron chi connectivity index (χ3n) is 7.50. The number of hydrogen-bond acceptors (Lipinski definition) is 5. The van der Waals surface area contributed by atoms with Gasteiger partial charge in [0.05, 0.1) is 6.54 Å². The number of carbonyl (C=O) groups is 2. The van der Waals surface area contributed by atoms with Crippen molar-refractivity contribution in [3.8, 4) is 0 Å². The van der Waals surface area contributed by atoms with Crippen LogP contribution in [0.25, 0.3) is 0 Å². The molecule has 0 spiro atoms. The summed E-state index contributed by atoms with van der Waals surface area (Å²) in [6.45, 7) is 2.46. The first-order valence-electron chi connectivity index (χ1n) is 11.4. The second kappa shape index (κ2) is 8.24. The van der Waals surface area contributed by atoms with Crippen molar-refractivity contribution in [1.82, 2.24) is 10.2 Å². The van der Waals surface area contributed by atoms with Crippen LogP contribution in [-0.2, 0) is 16.9 Å². The van der Waals surface area contributed by atoms with Crippen LogP contribution in [0.15, 0.2) is 46.9 Å². The summed E-state index contributed by atoms with van der Waals surface area (Å²) in [5.74, 6) is 1.70. The van der Waals surface area contributed by atoms with Gasteiger partial charge in [0.1, 0.15) is 5.76 Å². The van der Waals surface area contributed by atoms with E-state index in [4.69, 9.17) is 4.42 Å². The number of benzene rings is 1. The van der Waals surface area contributed by atoms with E-state index >= 15 is 0 Å². The van der Waals surface area contributed by atoms with Crippen LogP contribution >= 0.6 is 0 Å². The van der Waals surface area contributed by atoms with Gasteiger partial charge in [0.25, 0.3) is 5.91 Å². The van der Waals surface area contributed by atoms with Gasteiger partial charge in [-0.05, 0) is 42.4 Å². The molecule has 2 N–H and O–H groups in total. The van der Waals surface area contributed by atoms with Crippen molar-refractivity contribution in [2.45, 2.75) is 50.3 Å². The van der Waals surface area contributed by atoms with Crippen LogP contribution in [0.3, 0.4) is 0 Å². The van der Waals surface area contributed by atoms with Crippen molar-refractivity contribution < 1.29 is 19.1 Å². The topological polar surface area (TPSA) is 82.8 Å². The molecular weight excluding hydrogens is 392 g/mol. The largest absolute Gasteiger partial charge is 0.457 e. The van der Waals surface area contributed by atoms with Crippen molar-refractivity contribution >= 4 is 12.2 Å². The van der Waals surface area contributed by atoms with Crippen LogP contribution in [-0.4, -0.2) is 41.3 Å². The average molecular weight is 423 g/mol. The molecule has 0 radical (unpaired) electrons. The van der Waals surface area contributed by atoms with E-state index in [1.54, 1.807) is 6.07 Å². The lowest BCUT2D eigenvalue weighted by Gasteiger charge is -2.38. The molecule has 3 fully saturated rings. The molecule has 1 aromatic carbocycles. The lowest BCUT2D eigenvalue weighted by Crippen LogP contribution is -2.51. The molecule has 1 amide bonds. The average Bonchev–Trinajstić information content (AvgIpc) is 3.16. The second-order valence-corrected chi connectivity index (χ2v) is 9.41. The fourth-order valence-corrected chi connectivity index (χ4v) is 5.75. The van der Waals surface area contributed by atoms with Gasteiger partial charge in [-0.2, -0.15) is 0 Å². The number of likely N-dealkylation sites (tertiary alicyclic amines) is 1. The number of hydrogen-bond donors (Lipinski definition) is 2. The summed E-state index contributed by atoms with van der Waals surface area (Å²) in [6, 6.07) is 13.1. The highest BCUT2D eigenvalue weighted by Crippen LogP contribution is 2.47. The predicted octanol–water partition coefficient (Wildman–Crippen LogP) is 3.11. The number of carbonyl (C=O) groups excluding carboxylic acids is 2. The number of nitrogens with zero attached hydrogens (tertiary/aromatic N) is 1. The molecule has 3 aliphatic rings. The number of furan rings is 1. The van der Waals surface area contributed by atoms with Gasteiger partial charge in [0, 0.05) is 25.0 Å². The minimum atomic E-state index is -1.46. The number of piperidine rings is 1. The molecule has 2 saturated carbocycles. The predicted molar refractivity (Wildman–Crippen MR) is 115 cm³/mol. The monoisotopic (exact) mass is 422 g/mol. The first-order valence-corrected chi connectivity index (χ1v) is 11.4. The zero-order valence-corrected chi connectivity index (χ0v) is 17.7. The summed E-state index contributed by atoms with van der Waals surface area (Å²) >= 11 is 0. The van der Waals surface area contributed by atoms with E-state index in [2.05, 4.69) is 10.2 Å². The summed E-state index contributed by atoms with van der Waals surface area (Å²) in [5, 5.41) is 14.9. The first kappa shape index (κ1) is 20.5. The summed E-state index contributed by atoms with van der Waals surface area (Å²) in [7, 11) is 0. The van der Waals surface area contributed by atoms with Gasteiger partial charge in [-0.25, -0.2) is 0 Å². The van der Waals surface area contributed by atoms with Gasteiger partial charge >= 0.3 is 0 Å². The van der Waals surface area contributed by atoms with E-state index in [0.717, 1.165) is 50.8 Å². The molecule has 3 unspecified atom stereocenters. The third kappa shape index (κ3) is 3.83. The number of fused-ring (bicyclic) bond motifs is 1. The van der Waals surface area contributed by atoms with E-state index in [9.17, 15) is 14.7 Å². The Bertz CT molecular complexity index is 924. The molecule has 2 heterocycles. The van der Waals surface area contributed by atoms with Gasteiger partial charge < -0.3 is 14.8 Å². The Labute approximate surface area is 182 Å².